The van der Waals surface area contributed by atoms with Gasteiger partial charge in [0.15, 0.2) is 0 Å². The Labute approximate surface area is 217 Å². The van der Waals surface area contributed by atoms with Crippen LogP contribution in [0.25, 0.3) is 0 Å². The van der Waals surface area contributed by atoms with E-state index >= 15 is 0 Å². The largest absolute Gasteiger partial charge is 0.432 e. The summed E-state index contributed by atoms with van der Waals surface area (Å²) in [6.45, 7) is 4.57. The summed E-state index contributed by atoms with van der Waals surface area (Å²) in [4.78, 5) is 0. The van der Waals surface area contributed by atoms with E-state index in [9.17, 15) is 0 Å². The van der Waals surface area contributed by atoms with Crippen LogP contribution in [0.5, 0.6) is 5.75 Å². The molecule has 0 fully saturated rings. The Bertz CT molecular complexity index is 615. The molecule has 1 aromatic rings. The fourth-order valence-corrected chi connectivity index (χ4v) is 5.01. The number of nitrogens with two attached hydrogens (primary N) is 1. The van der Waals surface area contributed by atoms with Gasteiger partial charge in [0.25, 0.3) is 5.17 Å². The van der Waals surface area contributed by atoms with Gasteiger partial charge >= 0.3 is 0 Å². The minimum absolute atomic E-state index is 0.125. The van der Waals surface area contributed by atoms with Crippen molar-refractivity contribution in [3.63, 3.8) is 0 Å². The molecule has 0 aliphatic rings. The Morgan fingerprint density at radius 3 is 1.47 bits per heavy atom. The van der Waals surface area contributed by atoms with Crippen molar-refractivity contribution in [2.24, 2.45) is 5.73 Å². The van der Waals surface area contributed by atoms with E-state index in [-0.39, 0.29) is 5.17 Å². The zero-order valence-electron chi connectivity index (χ0n) is 22.7. The topological polar surface area (TPSA) is 35.2 Å². The molecule has 0 saturated heterocycles. The average molecular weight is 490 g/mol. The first-order valence-electron chi connectivity index (χ1n) is 14.8. The van der Waals surface area contributed by atoms with Crippen molar-refractivity contribution in [3.8, 4) is 5.75 Å². The van der Waals surface area contributed by atoms with Crippen molar-refractivity contribution in [1.82, 2.24) is 0 Å². The number of aryl methyl sites for hydroxylation is 1. The van der Waals surface area contributed by atoms with Crippen LogP contribution in [-0.4, -0.2) is 5.17 Å². The SMILES string of the molecule is CCCCCCCCCCCCc1cccc(OC(N)=S)c1CCCCCCCCCCCC. The lowest BCUT2D eigenvalue weighted by Crippen LogP contribution is -2.17. The van der Waals surface area contributed by atoms with E-state index in [0.29, 0.717) is 0 Å². The molecule has 196 valence electrons. The molecular weight excluding hydrogens is 434 g/mol. The Morgan fingerprint density at radius 1 is 0.618 bits per heavy atom. The standard InChI is InChI=1S/C31H55NOS/c1-3-5-7-9-11-13-15-17-19-21-24-28-25-23-27-30(33-31(32)34)29(28)26-22-20-18-16-14-12-10-8-6-4-2/h23,25,27H,3-22,24,26H2,1-2H3,(H2,32,34). The molecule has 2 N–H and O–H groups in total. The smallest absolute Gasteiger partial charge is 0.259 e. The summed E-state index contributed by atoms with van der Waals surface area (Å²) < 4.78 is 5.74. The number of benzene rings is 1. The van der Waals surface area contributed by atoms with Gasteiger partial charge in [-0.3, -0.25) is 0 Å². The van der Waals surface area contributed by atoms with Gasteiger partial charge in [-0.15, -0.1) is 0 Å². The molecule has 0 spiro atoms. The summed E-state index contributed by atoms with van der Waals surface area (Å²) in [5, 5.41) is 0.125. The van der Waals surface area contributed by atoms with Gasteiger partial charge in [-0.2, -0.15) is 0 Å². The highest BCUT2D eigenvalue weighted by molar-refractivity contribution is 7.80. The summed E-state index contributed by atoms with van der Waals surface area (Å²) in [6.07, 6.45) is 29.6. The predicted molar refractivity (Wildman–Crippen MR) is 155 cm³/mol. The molecule has 3 heteroatoms. The van der Waals surface area contributed by atoms with E-state index < -0.39 is 0 Å². The summed E-state index contributed by atoms with van der Waals surface area (Å²) in [5.74, 6) is 0.882. The monoisotopic (exact) mass is 489 g/mol. The number of hydrogen-bond donors (Lipinski definition) is 1. The third kappa shape index (κ3) is 16.5. The van der Waals surface area contributed by atoms with Gasteiger partial charge in [0.05, 0.1) is 0 Å². The van der Waals surface area contributed by atoms with Crippen LogP contribution in [0.1, 0.15) is 153 Å². The number of ether oxygens (including phenoxy) is 1. The summed E-state index contributed by atoms with van der Waals surface area (Å²) in [5.41, 5.74) is 8.49. The van der Waals surface area contributed by atoms with Gasteiger partial charge < -0.3 is 10.5 Å². The Hall–Kier alpha value is -1.09. The van der Waals surface area contributed by atoms with Gasteiger partial charge in [-0.05, 0) is 55.1 Å². The van der Waals surface area contributed by atoms with Crippen molar-refractivity contribution in [1.29, 1.82) is 0 Å². The van der Waals surface area contributed by atoms with Crippen molar-refractivity contribution in [3.05, 3.63) is 29.3 Å². The highest BCUT2D eigenvalue weighted by Crippen LogP contribution is 2.27. The van der Waals surface area contributed by atoms with E-state index in [1.165, 1.54) is 140 Å². The quantitative estimate of drug-likeness (QED) is 0.123. The fraction of sp³-hybridized carbons (Fsp3) is 0.774. The van der Waals surface area contributed by atoms with E-state index in [4.69, 9.17) is 22.7 Å². The van der Waals surface area contributed by atoms with Gasteiger partial charge in [-0.25, -0.2) is 0 Å². The average Bonchev–Trinajstić information content (AvgIpc) is 2.82. The van der Waals surface area contributed by atoms with E-state index in [1.54, 1.807) is 0 Å². The molecule has 34 heavy (non-hydrogen) atoms. The molecule has 1 rings (SSSR count). The van der Waals surface area contributed by atoms with Gasteiger partial charge in [-0.1, -0.05) is 142 Å². The molecule has 0 aromatic heterocycles. The lowest BCUT2D eigenvalue weighted by molar-refractivity contribution is 0.533. The normalized spacial score (nSPS) is 11.1. The minimum Gasteiger partial charge on any atom is -0.432 e. The molecule has 0 radical (unpaired) electrons. The molecule has 1 aromatic carbocycles. The first kappa shape index (κ1) is 30.9. The molecule has 0 bridgehead atoms. The zero-order valence-corrected chi connectivity index (χ0v) is 23.5. The second-order valence-electron chi connectivity index (χ2n) is 10.2. The lowest BCUT2D eigenvalue weighted by atomic mass is 9.95. The zero-order chi connectivity index (χ0) is 24.7. The highest BCUT2D eigenvalue weighted by atomic mass is 32.1. The van der Waals surface area contributed by atoms with Gasteiger partial charge in [0.1, 0.15) is 5.75 Å². The van der Waals surface area contributed by atoms with Crippen molar-refractivity contribution in [2.45, 2.75) is 155 Å². The first-order valence-corrected chi connectivity index (χ1v) is 15.2. The lowest BCUT2D eigenvalue weighted by Gasteiger charge is -2.15. The predicted octanol–water partition coefficient (Wildman–Crippen LogP) is 10.2. The van der Waals surface area contributed by atoms with E-state index in [1.807, 2.05) is 6.07 Å². The van der Waals surface area contributed by atoms with Gasteiger partial charge in [0, 0.05) is 0 Å². The maximum Gasteiger partial charge on any atom is 0.259 e. The minimum atomic E-state index is 0.125. The van der Waals surface area contributed by atoms with Gasteiger partial charge in [0.2, 0.25) is 0 Å². The maximum absolute atomic E-state index is 5.74. The van der Waals surface area contributed by atoms with Crippen molar-refractivity contribution in [2.75, 3.05) is 0 Å². The molecule has 0 heterocycles. The van der Waals surface area contributed by atoms with E-state index in [2.05, 4.69) is 26.0 Å². The number of unbranched alkanes of at least 4 members (excludes halogenated alkanes) is 18. The third-order valence-electron chi connectivity index (χ3n) is 7.02. The number of hydrogen-bond acceptors (Lipinski definition) is 2. The van der Waals surface area contributed by atoms with Crippen LogP contribution in [-0.2, 0) is 12.8 Å². The molecule has 2 nitrogen and oxygen atoms in total. The summed E-state index contributed by atoms with van der Waals surface area (Å²) in [6, 6.07) is 6.42. The number of rotatable bonds is 23. The molecule has 0 amide bonds. The van der Waals surface area contributed by atoms with Crippen LogP contribution in [0.2, 0.25) is 0 Å². The van der Waals surface area contributed by atoms with Crippen LogP contribution in [0, 0.1) is 0 Å². The van der Waals surface area contributed by atoms with Crippen molar-refractivity contribution >= 4 is 17.4 Å². The van der Waals surface area contributed by atoms with Crippen molar-refractivity contribution < 1.29 is 4.74 Å². The second-order valence-corrected chi connectivity index (χ2v) is 10.6. The van der Waals surface area contributed by atoms with Crippen LogP contribution in [0.4, 0.5) is 0 Å². The Kier molecular flexibility index (Phi) is 20.4. The molecule has 0 atom stereocenters. The molecular formula is C31H55NOS. The molecule has 0 unspecified atom stereocenters. The maximum atomic E-state index is 5.74. The van der Waals surface area contributed by atoms with E-state index in [0.717, 1.165) is 18.6 Å². The Morgan fingerprint density at radius 2 is 1.03 bits per heavy atom. The summed E-state index contributed by atoms with van der Waals surface area (Å²) in [7, 11) is 0. The van der Waals surface area contributed by atoms with Crippen LogP contribution < -0.4 is 10.5 Å². The third-order valence-corrected chi connectivity index (χ3v) is 7.10. The first-order chi connectivity index (χ1) is 16.7. The summed E-state index contributed by atoms with van der Waals surface area (Å²) >= 11 is 5.04. The van der Waals surface area contributed by atoms with Crippen LogP contribution in [0.15, 0.2) is 18.2 Å². The fourth-order valence-electron chi connectivity index (χ4n) is 4.93. The second kappa shape index (κ2) is 22.4. The Balaban J connectivity index is 2.33. The molecule has 0 aliphatic carbocycles. The number of thiocarbonyl (C=S) groups is 1. The van der Waals surface area contributed by atoms with Crippen LogP contribution in [0.3, 0.4) is 0 Å². The van der Waals surface area contributed by atoms with Crippen LogP contribution >= 0.6 is 12.2 Å². The molecule has 0 saturated carbocycles. The highest BCUT2D eigenvalue weighted by Gasteiger charge is 2.11. The molecule has 0 aliphatic heterocycles.